The number of hydrogen-bond donors (Lipinski definition) is 0. The fourth-order valence-corrected chi connectivity index (χ4v) is 3.03. The molecular weight excluding hydrogens is 525 g/mol. The summed E-state index contributed by atoms with van der Waals surface area (Å²) in [7, 11) is 0. The van der Waals surface area contributed by atoms with Gasteiger partial charge in [0.2, 0.25) is 0 Å². The summed E-state index contributed by atoms with van der Waals surface area (Å²) in [6, 6.07) is 26.7. The van der Waals surface area contributed by atoms with Gasteiger partial charge < -0.3 is 4.98 Å². The Kier molecular flexibility index (Phi) is 6.16. The van der Waals surface area contributed by atoms with Gasteiger partial charge in [0.05, 0.1) is 0 Å². The Morgan fingerprint density at radius 1 is 0.821 bits per heavy atom. The molecule has 0 fully saturated rings. The molecule has 0 aliphatic rings. The van der Waals surface area contributed by atoms with Crippen LogP contribution in [-0.4, -0.2) is 15.0 Å². The van der Waals surface area contributed by atoms with Crippen molar-refractivity contribution >= 4 is 0 Å². The van der Waals surface area contributed by atoms with E-state index >= 15 is 0 Å². The molecule has 0 atom stereocenters. The van der Waals surface area contributed by atoms with E-state index < -0.39 is 0 Å². The second-order valence-electron chi connectivity index (χ2n) is 6.88. The van der Waals surface area contributed by atoms with E-state index in [1.165, 1.54) is 0 Å². The van der Waals surface area contributed by atoms with Crippen molar-refractivity contribution in [1.29, 1.82) is 0 Å². The second-order valence-corrected chi connectivity index (χ2v) is 6.88. The van der Waals surface area contributed by atoms with Gasteiger partial charge in [-0.3, -0.25) is 9.97 Å². The fraction of sp³-hybridized carbons (Fsp3) is 0.125. The Labute approximate surface area is 180 Å². The summed E-state index contributed by atoms with van der Waals surface area (Å²) < 4.78 is 0. The first-order valence-corrected chi connectivity index (χ1v) is 8.88. The first-order chi connectivity index (χ1) is 13.1. The van der Waals surface area contributed by atoms with Crippen LogP contribution in [-0.2, 0) is 26.5 Å². The molecule has 140 valence electrons. The van der Waals surface area contributed by atoms with Gasteiger partial charge in [-0.25, -0.2) is 0 Å². The smallest absolute Gasteiger partial charge is 0.341 e. The molecule has 0 aliphatic carbocycles. The van der Waals surface area contributed by atoms with E-state index in [0.29, 0.717) is 0 Å². The third-order valence-corrected chi connectivity index (χ3v) is 4.67. The van der Waals surface area contributed by atoms with Crippen LogP contribution in [0.2, 0.25) is 0 Å². The molecule has 28 heavy (non-hydrogen) atoms. The Balaban J connectivity index is 0.00000225. The zero-order valence-corrected chi connectivity index (χ0v) is 17.9. The van der Waals surface area contributed by atoms with Crippen molar-refractivity contribution in [2.45, 2.75) is 19.3 Å². The molecule has 3 heterocycles. The number of rotatable bonds is 4. The van der Waals surface area contributed by atoms with Crippen molar-refractivity contribution in [2.75, 3.05) is 0 Å². The van der Waals surface area contributed by atoms with E-state index in [1.54, 1.807) is 18.6 Å². The van der Waals surface area contributed by atoms with Crippen LogP contribution < -0.4 is 0 Å². The van der Waals surface area contributed by atoms with Crippen LogP contribution in [0.3, 0.4) is 0 Å². The zero-order valence-electron chi connectivity index (χ0n) is 15.7. The molecule has 3 nitrogen and oxygen atoms in total. The van der Waals surface area contributed by atoms with Gasteiger partial charge in [-0.15, -0.1) is 6.07 Å². The normalized spacial score (nSPS) is 10.9. The molecular formula is C24H19N3Pt. The molecule has 4 aromatic rings. The number of aromatic nitrogens is 3. The van der Waals surface area contributed by atoms with E-state index in [0.717, 1.165) is 33.8 Å². The van der Waals surface area contributed by atoms with Gasteiger partial charge in [0.15, 0.2) is 0 Å². The van der Waals surface area contributed by atoms with Crippen molar-refractivity contribution in [2.24, 2.45) is 0 Å². The van der Waals surface area contributed by atoms with E-state index in [-0.39, 0.29) is 26.5 Å². The summed E-state index contributed by atoms with van der Waals surface area (Å²) in [5.41, 5.74) is 5.26. The predicted molar refractivity (Wildman–Crippen MR) is 107 cm³/mol. The van der Waals surface area contributed by atoms with Crippen LogP contribution in [0.1, 0.15) is 25.1 Å². The van der Waals surface area contributed by atoms with Crippen molar-refractivity contribution in [3.05, 3.63) is 103 Å². The molecule has 4 rings (SSSR count). The van der Waals surface area contributed by atoms with E-state index in [4.69, 9.17) is 4.98 Å². The monoisotopic (exact) mass is 544 g/mol. The van der Waals surface area contributed by atoms with Crippen LogP contribution in [0.15, 0.2) is 79.3 Å². The van der Waals surface area contributed by atoms with Crippen LogP contribution in [0.25, 0.3) is 22.5 Å². The molecule has 3 aromatic heterocycles. The first kappa shape index (κ1) is 20.1. The quantitative estimate of drug-likeness (QED) is 0.335. The molecule has 0 radical (unpaired) electrons. The Morgan fingerprint density at radius 2 is 1.57 bits per heavy atom. The average Bonchev–Trinajstić information content (AvgIpc) is 2.75. The third kappa shape index (κ3) is 4.10. The summed E-state index contributed by atoms with van der Waals surface area (Å²) in [4.78, 5) is 13.7. The molecule has 1 aromatic carbocycles. The summed E-state index contributed by atoms with van der Waals surface area (Å²) >= 11 is 0. The molecule has 0 aliphatic heterocycles. The minimum Gasteiger partial charge on any atom is -0.341 e. The van der Waals surface area contributed by atoms with Crippen molar-refractivity contribution in [3.63, 3.8) is 0 Å². The zero-order chi connectivity index (χ0) is 18.7. The molecule has 0 saturated heterocycles. The minimum atomic E-state index is -0.247. The number of pyridine rings is 3. The van der Waals surface area contributed by atoms with Crippen LogP contribution in [0.5, 0.6) is 0 Å². The molecule has 0 amide bonds. The van der Waals surface area contributed by atoms with Crippen molar-refractivity contribution < 1.29 is 21.1 Å². The van der Waals surface area contributed by atoms with Gasteiger partial charge in [0.25, 0.3) is 0 Å². The van der Waals surface area contributed by atoms with Gasteiger partial charge >= 0.3 is 21.1 Å². The maximum atomic E-state index is 4.91. The van der Waals surface area contributed by atoms with Gasteiger partial charge in [-0.2, -0.15) is 35.9 Å². The average molecular weight is 545 g/mol. The van der Waals surface area contributed by atoms with Gasteiger partial charge in [-0.05, 0) is 24.5 Å². The Hall–Kier alpha value is -2.64. The summed E-state index contributed by atoms with van der Waals surface area (Å²) in [6.07, 6.45) is 5.34. The largest absolute Gasteiger partial charge is 2.00 e. The maximum Gasteiger partial charge on any atom is 2.00 e. The van der Waals surface area contributed by atoms with Crippen LogP contribution >= 0.6 is 0 Å². The predicted octanol–water partition coefficient (Wildman–Crippen LogP) is 5.13. The Bertz CT molecular complexity index is 1050. The summed E-state index contributed by atoms with van der Waals surface area (Å²) in [5.74, 6) is 0. The van der Waals surface area contributed by atoms with Gasteiger partial charge in [0.1, 0.15) is 0 Å². The number of benzene rings is 1. The molecule has 0 spiro atoms. The molecule has 0 unspecified atom stereocenters. The SMILES string of the molecule is CC(C)(c1[c-]cccc1)c1cccc(-c2[c-]c(-c3ccccn3)cnc2)n1.[Pt+2]. The van der Waals surface area contributed by atoms with E-state index in [1.807, 2.05) is 48.5 Å². The van der Waals surface area contributed by atoms with Crippen LogP contribution in [0.4, 0.5) is 0 Å². The van der Waals surface area contributed by atoms with Crippen LogP contribution in [0, 0.1) is 12.1 Å². The standard InChI is InChI=1S/C24H19N3.Pt/c1-24(2,20-9-4-3-5-10-20)23-13-8-12-22(27-23)19-15-18(16-25-17-19)21-11-6-7-14-26-21;/h3-9,11-14,16-17H,1-2H3;/q-2;+2. The first-order valence-electron chi connectivity index (χ1n) is 8.88. The summed E-state index contributed by atoms with van der Waals surface area (Å²) in [6.45, 7) is 4.33. The van der Waals surface area contributed by atoms with Gasteiger partial charge in [-0.1, -0.05) is 49.2 Å². The number of hydrogen-bond acceptors (Lipinski definition) is 3. The van der Waals surface area contributed by atoms with Crippen molar-refractivity contribution in [1.82, 2.24) is 15.0 Å². The summed E-state index contributed by atoms with van der Waals surface area (Å²) in [5, 5.41) is 0. The minimum absolute atomic E-state index is 0. The second kappa shape index (κ2) is 8.58. The molecule has 4 heteroatoms. The maximum absolute atomic E-state index is 4.91. The molecule has 0 bridgehead atoms. The fourth-order valence-electron chi connectivity index (χ4n) is 3.03. The molecule has 0 saturated carbocycles. The number of nitrogens with zero attached hydrogens (tertiary/aromatic N) is 3. The Morgan fingerprint density at radius 3 is 2.29 bits per heavy atom. The topological polar surface area (TPSA) is 38.7 Å². The van der Waals surface area contributed by atoms with E-state index in [9.17, 15) is 0 Å². The van der Waals surface area contributed by atoms with Crippen molar-refractivity contribution in [3.8, 4) is 22.5 Å². The van der Waals surface area contributed by atoms with E-state index in [2.05, 4.69) is 48.1 Å². The van der Waals surface area contributed by atoms with Gasteiger partial charge in [0, 0.05) is 28.7 Å². The molecule has 0 N–H and O–H groups in total. The third-order valence-electron chi connectivity index (χ3n) is 4.67.